The van der Waals surface area contributed by atoms with E-state index in [-0.39, 0.29) is 28.5 Å². The molecule has 0 radical (unpaired) electrons. The first kappa shape index (κ1) is 15.1. The summed E-state index contributed by atoms with van der Waals surface area (Å²) in [5, 5.41) is 0. The Morgan fingerprint density at radius 3 is 2.62 bits per heavy atom. The van der Waals surface area contributed by atoms with Gasteiger partial charge >= 0.3 is 0 Å². The Kier molecular flexibility index (Phi) is 4.32. The number of benzene rings is 1. The number of nitrogens with zero attached hydrogens (tertiary/aromatic N) is 1. The predicted molar refractivity (Wildman–Crippen MR) is 80.2 cm³/mol. The lowest BCUT2D eigenvalue weighted by Gasteiger charge is -2.10. The zero-order valence-corrected chi connectivity index (χ0v) is 12.3. The molecule has 0 spiro atoms. The second-order valence-electron chi connectivity index (χ2n) is 4.46. The average molecular weight is 308 g/mol. The van der Waals surface area contributed by atoms with Crippen LogP contribution in [-0.2, 0) is 16.4 Å². The van der Waals surface area contributed by atoms with Crippen LogP contribution in [0.25, 0.3) is 0 Å². The van der Waals surface area contributed by atoms with Gasteiger partial charge in [0.05, 0.1) is 12.9 Å². The summed E-state index contributed by atoms with van der Waals surface area (Å²) in [7, 11) is -2.14. The lowest BCUT2D eigenvalue weighted by atomic mass is 10.3. The molecule has 112 valence electrons. The monoisotopic (exact) mass is 308 g/mol. The maximum absolute atomic E-state index is 12.4. The molecule has 21 heavy (non-hydrogen) atoms. The summed E-state index contributed by atoms with van der Waals surface area (Å²) >= 11 is 0. The highest BCUT2D eigenvalue weighted by Gasteiger charge is 2.19. The van der Waals surface area contributed by atoms with E-state index in [1.807, 2.05) is 0 Å². The molecule has 2 aromatic rings. The average Bonchev–Trinajstić information content (AvgIpc) is 2.48. The van der Waals surface area contributed by atoms with Crippen molar-refractivity contribution in [3.8, 4) is 5.75 Å². The molecule has 6 nitrogen and oxygen atoms in total. The molecular weight excluding hydrogens is 292 g/mol. The van der Waals surface area contributed by atoms with E-state index in [1.165, 1.54) is 36.1 Å². The highest BCUT2D eigenvalue weighted by atomic mass is 32.2. The number of ether oxygens (including phenoxy) is 1. The molecule has 0 atom stereocenters. The minimum Gasteiger partial charge on any atom is -0.495 e. The zero-order chi connectivity index (χ0) is 15.5. The highest BCUT2D eigenvalue weighted by Crippen LogP contribution is 2.23. The maximum Gasteiger partial charge on any atom is 0.250 e. The predicted octanol–water partition coefficient (Wildman–Crippen LogP) is 0.913. The standard InChI is InChI=1S/C14H16N2O4S/c1-20-12-4-2-3-5-13(12)21(18,19)9-8-16-10-11(15)6-7-14(16)17/h2-7,10H,8-9,15H2,1H3. The van der Waals surface area contributed by atoms with Crippen molar-refractivity contribution in [3.05, 3.63) is 52.9 Å². The van der Waals surface area contributed by atoms with Crippen molar-refractivity contribution in [2.75, 3.05) is 18.6 Å². The number of pyridine rings is 1. The number of anilines is 1. The number of hydrogen-bond acceptors (Lipinski definition) is 5. The van der Waals surface area contributed by atoms with Gasteiger partial charge in [0.15, 0.2) is 9.84 Å². The third kappa shape index (κ3) is 3.43. The third-order valence-electron chi connectivity index (χ3n) is 3.01. The van der Waals surface area contributed by atoms with Crippen LogP contribution in [0.5, 0.6) is 5.75 Å². The Labute approximate surface area is 122 Å². The molecule has 0 aliphatic rings. The van der Waals surface area contributed by atoms with E-state index in [4.69, 9.17) is 10.5 Å². The number of aryl methyl sites for hydroxylation is 1. The van der Waals surface area contributed by atoms with Crippen molar-refractivity contribution in [2.24, 2.45) is 0 Å². The quantitative estimate of drug-likeness (QED) is 0.886. The lowest BCUT2D eigenvalue weighted by molar-refractivity contribution is 0.402. The largest absolute Gasteiger partial charge is 0.495 e. The molecule has 0 bridgehead atoms. The van der Waals surface area contributed by atoms with Crippen LogP contribution in [0.3, 0.4) is 0 Å². The molecule has 0 fully saturated rings. The van der Waals surface area contributed by atoms with E-state index < -0.39 is 9.84 Å². The molecule has 7 heteroatoms. The molecule has 0 aliphatic heterocycles. The Hall–Kier alpha value is -2.28. The van der Waals surface area contributed by atoms with Crippen LogP contribution in [0.4, 0.5) is 5.69 Å². The number of sulfone groups is 1. The number of nitrogen functional groups attached to an aromatic ring is 1. The van der Waals surface area contributed by atoms with Crippen LogP contribution in [0.15, 0.2) is 52.3 Å². The van der Waals surface area contributed by atoms with E-state index in [0.29, 0.717) is 5.69 Å². The van der Waals surface area contributed by atoms with Crippen molar-refractivity contribution in [1.29, 1.82) is 0 Å². The van der Waals surface area contributed by atoms with Gasteiger partial charge in [-0.1, -0.05) is 12.1 Å². The lowest BCUT2D eigenvalue weighted by Crippen LogP contribution is -2.23. The van der Waals surface area contributed by atoms with Crippen molar-refractivity contribution >= 4 is 15.5 Å². The molecule has 0 saturated carbocycles. The highest BCUT2D eigenvalue weighted by molar-refractivity contribution is 7.91. The second kappa shape index (κ2) is 6.01. The molecule has 1 aromatic carbocycles. The summed E-state index contributed by atoms with van der Waals surface area (Å²) in [4.78, 5) is 11.8. The molecule has 2 N–H and O–H groups in total. The first-order valence-corrected chi connectivity index (χ1v) is 7.91. The number of rotatable bonds is 5. The maximum atomic E-state index is 12.4. The fraction of sp³-hybridized carbons (Fsp3) is 0.214. The smallest absolute Gasteiger partial charge is 0.250 e. The topological polar surface area (TPSA) is 91.4 Å². The third-order valence-corrected chi connectivity index (χ3v) is 4.74. The minimum absolute atomic E-state index is 0.0320. The van der Waals surface area contributed by atoms with Gasteiger partial charge in [-0.05, 0) is 18.2 Å². The zero-order valence-electron chi connectivity index (χ0n) is 11.5. The molecule has 0 saturated heterocycles. The normalized spacial score (nSPS) is 11.3. The fourth-order valence-corrected chi connectivity index (χ4v) is 3.33. The first-order valence-electron chi connectivity index (χ1n) is 6.26. The van der Waals surface area contributed by atoms with Crippen LogP contribution in [-0.4, -0.2) is 25.8 Å². The van der Waals surface area contributed by atoms with Gasteiger partial charge in [-0.2, -0.15) is 0 Å². The second-order valence-corrected chi connectivity index (χ2v) is 6.54. The SMILES string of the molecule is COc1ccccc1S(=O)(=O)CCn1cc(N)ccc1=O. The van der Waals surface area contributed by atoms with E-state index in [2.05, 4.69) is 0 Å². The number of aromatic nitrogens is 1. The van der Waals surface area contributed by atoms with Gasteiger partial charge in [0.1, 0.15) is 10.6 Å². The van der Waals surface area contributed by atoms with Gasteiger partial charge in [-0.15, -0.1) is 0 Å². The van der Waals surface area contributed by atoms with Crippen LogP contribution in [0.1, 0.15) is 0 Å². The Bertz CT molecular complexity index is 797. The van der Waals surface area contributed by atoms with Crippen LogP contribution < -0.4 is 16.0 Å². The summed E-state index contributed by atoms with van der Waals surface area (Å²) in [6, 6.07) is 9.18. The van der Waals surface area contributed by atoms with Gasteiger partial charge in [0.2, 0.25) is 0 Å². The van der Waals surface area contributed by atoms with Crippen molar-refractivity contribution in [1.82, 2.24) is 4.57 Å². The van der Waals surface area contributed by atoms with Gasteiger partial charge in [0.25, 0.3) is 5.56 Å². The Balaban J connectivity index is 2.26. The number of nitrogens with two attached hydrogens (primary N) is 1. The van der Waals surface area contributed by atoms with Gasteiger partial charge in [0, 0.05) is 24.5 Å². The summed E-state index contributed by atoms with van der Waals surface area (Å²) < 4.78 is 31.0. The van der Waals surface area contributed by atoms with Gasteiger partial charge in [-0.25, -0.2) is 8.42 Å². The summed E-state index contributed by atoms with van der Waals surface area (Å²) in [6.45, 7) is 0.0320. The minimum atomic E-state index is -3.56. The summed E-state index contributed by atoms with van der Waals surface area (Å²) in [5.41, 5.74) is 5.71. The molecule has 1 aromatic heterocycles. The number of methoxy groups -OCH3 is 1. The first-order chi connectivity index (χ1) is 9.94. The van der Waals surface area contributed by atoms with E-state index >= 15 is 0 Å². The Morgan fingerprint density at radius 1 is 1.19 bits per heavy atom. The molecular formula is C14H16N2O4S. The number of para-hydroxylation sites is 1. The van der Waals surface area contributed by atoms with E-state index in [0.717, 1.165) is 0 Å². The molecule has 0 aliphatic carbocycles. The molecule has 2 rings (SSSR count). The summed E-state index contributed by atoms with van der Waals surface area (Å²) in [6.07, 6.45) is 1.43. The van der Waals surface area contributed by atoms with Crippen LogP contribution >= 0.6 is 0 Å². The number of hydrogen-bond donors (Lipinski definition) is 1. The van der Waals surface area contributed by atoms with Crippen LogP contribution in [0.2, 0.25) is 0 Å². The van der Waals surface area contributed by atoms with Crippen molar-refractivity contribution in [3.63, 3.8) is 0 Å². The van der Waals surface area contributed by atoms with E-state index in [9.17, 15) is 13.2 Å². The molecule has 0 unspecified atom stereocenters. The Morgan fingerprint density at radius 2 is 1.90 bits per heavy atom. The molecule has 0 amide bonds. The van der Waals surface area contributed by atoms with Crippen molar-refractivity contribution < 1.29 is 13.2 Å². The van der Waals surface area contributed by atoms with Gasteiger partial charge in [-0.3, -0.25) is 4.79 Å². The molecule has 1 heterocycles. The van der Waals surface area contributed by atoms with Crippen LogP contribution in [0, 0.1) is 0 Å². The fourth-order valence-electron chi connectivity index (χ4n) is 1.93. The summed E-state index contributed by atoms with van der Waals surface area (Å²) in [5.74, 6) is 0.0777. The van der Waals surface area contributed by atoms with E-state index in [1.54, 1.807) is 18.2 Å². The van der Waals surface area contributed by atoms with Crippen molar-refractivity contribution in [2.45, 2.75) is 11.4 Å². The van der Waals surface area contributed by atoms with Gasteiger partial charge < -0.3 is 15.0 Å².